The van der Waals surface area contributed by atoms with Crippen LogP contribution in [0.3, 0.4) is 0 Å². The number of nitrogens with zero attached hydrogens (tertiary/aromatic N) is 5. The second kappa shape index (κ2) is 4.58. The molecule has 18 heavy (non-hydrogen) atoms. The molecule has 0 aliphatic heterocycles. The zero-order valence-corrected chi connectivity index (χ0v) is 9.28. The first kappa shape index (κ1) is 10.3. The molecular weight excluding hydrogens is 230 g/mol. The molecule has 0 spiro atoms. The molecule has 4 heterocycles. The topological polar surface area (TPSA) is 96.0 Å². The number of nitrogens with one attached hydrogen (secondary N) is 2. The van der Waals surface area contributed by atoms with E-state index in [4.69, 9.17) is 0 Å². The van der Waals surface area contributed by atoms with Crippen molar-refractivity contribution in [2.45, 2.75) is 0 Å². The van der Waals surface area contributed by atoms with E-state index in [2.05, 4.69) is 35.3 Å². The average Bonchev–Trinajstić information content (AvgIpc) is 3.08. The molecule has 0 aliphatic carbocycles. The van der Waals surface area contributed by atoms with E-state index in [0.29, 0.717) is 0 Å². The van der Waals surface area contributed by atoms with Crippen LogP contribution in [0.2, 0.25) is 0 Å². The van der Waals surface area contributed by atoms with Gasteiger partial charge in [-0.25, -0.2) is 9.97 Å². The maximum Gasteiger partial charge on any atom is 0.116 e. The van der Waals surface area contributed by atoms with E-state index >= 15 is 0 Å². The van der Waals surface area contributed by atoms with Crippen molar-refractivity contribution in [1.29, 1.82) is 0 Å². The van der Waals surface area contributed by atoms with Gasteiger partial charge in [0.05, 0.1) is 24.1 Å². The fraction of sp³-hybridized carbons (Fsp3) is 0. The van der Waals surface area contributed by atoms with Gasteiger partial charge in [-0.05, 0) is 12.1 Å². The lowest BCUT2D eigenvalue weighted by Crippen LogP contribution is -1.74. The van der Waals surface area contributed by atoms with Crippen molar-refractivity contribution >= 4 is 22.1 Å². The summed E-state index contributed by atoms with van der Waals surface area (Å²) in [5.74, 6) is 0. The third-order valence-electron chi connectivity index (χ3n) is 2.33. The molecule has 4 aromatic heterocycles. The monoisotopic (exact) mass is 239 g/mol. The van der Waals surface area contributed by atoms with Gasteiger partial charge in [-0.15, -0.1) is 0 Å². The Hall–Kier alpha value is -2.83. The summed E-state index contributed by atoms with van der Waals surface area (Å²) < 4.78 is 0. The lowest BCUT2D eigenvalue weighted by atomic mass is 10.4. The number of aromatic nitrogens is 7. The van der Waals surface area contributed by atoms with Gasteiger partial charge < -0.3 is 0 Å². The minimum Gasteiger partial charge on any atom is -0.276 e. The Morgan fingerprint density at radius 2 is 1.61 bits per heavy atom. The average molecular weight is 239 g/mol. The van der Waals surface area contributed by atoms with Crippen LogP contribution >= 0.6 is 0 Å². The van der Waals surface area contributed by atoms with Gasteiger partial charge in [0.2, 0.25) is 0 Å². The molecule has 4 rings (SSSR count). The van der Waals surface area contributed by atoms with Gasteiger partial charge in [0, 0.05) is 6.20 Å². The summed E-state index contributed by atoms with van der Waals surface area (Å²) in [5, 5.41) is 13.1. The minimum atomic E-state index is 0.852. The molecule has 0 radical (unpaired) electrons. The van der Waals surface area contributed by atoms with E-state index in [1.165, 1.54) is 6.33 Å². The number of rotatable bonds is 0. The maximum atomic E-state index is 4.05. The number of H-pyrrole nitrogens is 2. The number of fused-ring (bicyclic) bond motifs is 2. The van der Waals surface area contributed by atoms with Gasteiger partial charge in [-0.3, -0.25) is 15.2 Å². The predicted molar refractivity (Wildman–Crippen MR) is 65.6 cm³/mol. The quantitative estimate of drug-likeness (QED) is 0.482. The van der Waals surface area contributed by atoms with E-state index < -0.39 is 0 Å². The molecule has 7 nitrogen and oxygen atoms in total. The summed E-state index contributed by atoms with van der Waals surface area (Å²) in [7, 11) is 0. The molecule has 2 N–H and O–H groups in total. The van der Waals surface area contributed by atoms with Crippen molar-refractivity contribution < 1.29 is 0 Å². The SMILES string of the molecule is c1cnc2cn[nH]c2c1.c1ncc2[nH]ncc2n1. The Balaban J connectivity index is 0.000000111. The second-order valence-corrected chi connectivity index (χ2v) is 3.50. The summed E-state index contributed by atoms with van der Waals surface area (Å²) in [4.78, 5) is 11.8. The minimum absolute atomic E-state index is 0.852. The second-order valence-electron chi connectivity index (χ2n) is 3.50. The number of pyridine rings is 1. The molecule has 0 unspecified atom stereocenters. The van der Waals surface area contributed by atoms with E-state index in [9.17, 15) is 0 Å². The highest BCUT2D eigenvalue weighted by Gasteiger charge is 1.91. The van der Waals surface area contributed by atoms with Gasteiger partial charge >= 0.3 is 0 Å². The van der Waals surface area contributed by atoms with Crippen molar-refractivity contribution in [2.24, 2.45) is 0 Å². The lowest BCUT2D eigenvalue weighted by Gasteiger charge is -1.80. The van der Waals surface area contributed by atoms with E-state index in [-0.39, 0.29) is 0 Å². The van der Waals surface area contributed by atoms with Crippen molar-refractivity contribution in [1.82, 2.24) is 35.3 Å². The normalized spacial score (nSPS) is 10.2. The van der Waals surface area contributed by atoms with Gasteiger partial charge in [0.15, 0.2) is 0 Å². The Kier molecular flexibility index (Phi) is 2.63. The number of aromatic amines is 2. The molecule has 0 aliphatic rings. The summed E-state index contributed by atoms with van der Waals surface area (Å²) in [6, 6.07) is 3.82. The van der Waals surface area contributed by atoms with Gasteiger partial charge in [0.1, 0.15) is 22.9 Å². The molecule has 0 bridgehead atoms. The third-order valence-corrected chi connectivity index (χ3v) is 2.33. The summed E-state index contributed by atoms with van der Waals surface area (Å²) >= 11 is 0. The van der Waals surface area contributed by atoms with Crippen LogP contribution in [0, 0.1) is 0 Å². The smallest absolute Gasteiger partial charge is 0.116 e. The van der Waals surface area contributed by atoms with Crippen LogP contribution in [-0.2, 0) is 0 Å². The fourth-order valence-electron chi connectivity index (χ4n) is 1.47. The fourth-order valence-corrected chi connectivity index (χ4v) is 1.47. The standard InChI is InChI=1S/C6H5N3.C5H4N4/c1-2-5-6(7-3-1)4-8-9-5;1-5-4(2-8-9-5)7-3-6-1/h1-4H,(H,8,9);1-3H,(H,8,9). The van der Waals surface area contributed by atoms with Crippen LogP contribution < -0.4 is 0 Å². The van der Waals surface area contributed by atoms with Crippen molar-refractivity contribution in [2.75, 3.05) is 0 Å². The maximum absolute atomic E-state index is 4.05. The molecule has 7 heteroatoms. The highest BCUT2D eigenvalue weighted by Crippen LogP contribution is 2.03. The first-order valence-corrected chi connectivity index (χ1v) is 5.26. The van der Waals surface area contributed by atoms with Crippen LogP contribution in [0.15, 0.2) is 43.2 Å². The van der Waals surface area contributed by atoms with Crippen molar-refractivity contribution in [3.05, 3.63) is 43.2 Å². The Morgan fingerprint density at radius 1 is 0.833 bits per heavy atom. The third kappa shape index (κ3) is 2.01. The van der Waals surface area contributed by atoms with Crippen LogP contribution in [0.5, 0.6) is 0 Å². The van der Waals surface area contributed by atoms with Gasteiger partial charge in [0.25, 0.3) is 0 Å². The molecule has 0 atom stereocenters. The van der Waals surface area contributed by atoms with Crippen molar-refractivity contribution in [3.63, 3.8) is 0 Å². The molecule has 0 aromatic carbocycles. The molecule has 0 saturated heterocycles. The van der Waals surface area contributed by atoms with Crippen molar-refractivity contribution in [3.8, 4) is 0 Å². The van der Waals surface area contributed by atoms with Gasteiger partial charge in [-0.1, -0.05) is 0 Å². The lowest BCUT2D eigenvalue weighted by molar-refractivity contribution is 1.11. The zero-order chi connectivity index (χ0) is 12.2. The van der Waals surface area contributed by atoms with E-state index in [0.717, 1.165) is 22.1 Å². The van der Waals surface area contributed by atoms with E-state index in [1.54, 1.807) is 24.8 Å². The summed E-state index contributed by atoms with van der Waals surface area (Å²) in [6.45, 7) is 0. The number of hydrogen-bond acceptors (Lipinski definition) is 5. The van der Waals surface area contributed by atoms with Crippen LogP contribution in [0.25, 0.3) is 22.1 Å². The zero-order valence-electron chi connectivity index (χ0n) is 9.28. The summed E-state index contributed by atoms with van der Waals surface area (Å²) in [6.07, 6.45) is 8.30. The Labute approximate surface area is 101 Å². The highest BCUT2D eigenvalue weighted by atomic mass is 15.1. The van der Waals surface area contributed by atoms with Gasteiger partial charge in [-0.2, -0.15) is 10.2 Å². The predicted octanol–water partition coefficient (Wildman–Crippen LogP) is 1.31. The molecule has 0 saturated carbocycles. The molecule has 0 fully saturated rings. The van der Waals surface area contributed by atoms with Crippen LogP contribution in [0.1, 0.15) is 0 Å². The Morgan fingerprint density at radius 3 is 2.39 bits per heavy atom. The van der Waals surface area contributed by atoms with E-state index in [1.807, 2.05) is 12.1 Å². The molecule has 88 valence electrons. The first-order valence-electron chi connectivity index (χ1n) is 5.26. The Bertz CT molecular complexity index is 631. The summed E-state index contributed by atoms with van der Waals surface area (Å²) in [5.41, 5.74) is 3.62. The number of hydrogen-bond donors (Lipinski definition) is 2. The molecule has 4 aromatic rings. The molecular formula is C11H9N7. The largest absolute Gasteiger partial charge is 0.276 e. The highest BCUT2D eigenvalue weighted by molar-refractivity contribution is 5.72. The van der Waals surface area contributed by atoms with Crippen LogP contribution in [-0.4, -0.2) is 35.3 Å². The molecule has 0 amide bonds. The van der Waals surface area contributed by atoms with Crippen LogP contribution in [0.4, 0.5) is 0 Å². The first-order chi connectivity index (χ1) is 8.93.